The lowest BCUT2D eigenvalue weighted by molar-refractivity contribution is 0.0801. The maximum absolute atomic E-state index is 8.34. The van der Waals surface area contributed by atoms with Crippen molar-refractivity contribution < 1.29 is 0 Å². The highest BCUT2D eigenvalue weighted by atomic mass is 15.3. The Morgan fingerprint density at radius 1 is 1.06 bits per heavy atom. The van der Waals surface area contributed by atoms with Gasteiger partial charge in [0.1, 0.15) is 5.84 Å². The number of hydrogen-bond acceptors (Lipinski definition) is 2. The molecule has 1 aromatic rings. The van der Waals surface area contributed by atoms with E-state index in [1.54, 1.807) is 0 Å². The van der Waals surface area contributed by atoms with Crippen molar-refractivity contribution in [3.8, 4) is 0 Å². The molecule has 1 N–H and O–H groups in total. The lowest BCUT2D eigenvalue weighted by Crippen LogP contribution is -2.56. The fourth-order valence-corrected chi connectivity index (χ4v) is 3.14. The van der Waals surface area contributed by atoms with Crippen molar-refractivity contribution in [2.75, 3.05) is 26.2 Å². The van der Waals surface area contributed by atoms with Gasteiger partial charge in [0.05, 0.1) is 0 Å². The van der Waals surface area contributed by atoms with E-state index in [2.05, 4.69) is 9.80 Å². The van der Waals surface area contributed by atoms with E-state index < -0.39 is 0 Å². The first-order valence-electron chi connectivity index (χ1n) is 6.97. The van der Waals surface area contributed by atoms with E-state index >= 15 is 0 Å². The van der Waals surface area contributed by atoms with Gasteiger partial charge in [0.15, 0.2) is 0 Å². The Hall–Kier alpha value is -1.35. The third-order valence-electron chi connectivity index (χ3n) is 4.20. The molecule has 2 aliphatic rings. The molecule has 96 valence electrons. The Balaban J connectivity index is 1.69. The predicted molar refractivity (Wildman–Crippen MR) is 74.1 cm³/mol. The second-order valence-corrected chi connectivity index (χ2v) is 5.35. The fourth-order valence-electron chi connectivity index (χ4n) is 3.14. The van der Waals surface area contributed by atoms with Gasteiger partial charge in [-0.05, 0) is 19.4 Å². The minimum atomic E-state index is 0.677. The van der Waals surface area contributed by atoms with Gasteiger partial charge >= 0.3 is 0 Å². The Labute approximate surface area is 109 Å². The second-order valence-electron chi connectivity index (χ2n) is 5.35. The van der Waals surface area contributed by atoms with Gasteiger partial charge in [0.25, 0.3) is 0 Å². The molecule has 3 heteroatoms. The van der Waals surface area contributed by atoms with Gasteiger partial charge in [0, 0.05) is 31.2 Å². The number of hydrogen-bond donors (Lipinski definition) is 1. The van der Waals surface area contributed by atoms with Crippen molar-refractivity contribution in [3.05, 3.63) is 35.9 Å². The van der Waals surface area contributed by atoms with E-state index in [4.69, 9.17) is 5.41 Å². The van der Waals surface area contributed by atoms with Gasteiger partial charge in [-0.3, -0.25) is 10.3 Å². The topological polar surface area (TPSA) is 30.3 Å². The number of amidine groups is 1. The van der Waals surface area contributed by atoms with Crippen LogP contribution in [-0.4, -0.2) is 47.9 Å². The summed E-state index contributed by atoms with van der Waals surface area (Å²) in [4.78, 5) is 4.86. The van der Waals surface area contributed by atoms with Crippen LogP contribution in [0.1, 0.15) is 24.8 Å². The highest BCUT2D eigenvalue weighted by molar-refractivity contribution is 5.96. The Bertz CT molecular complexity index is 415. The van der Waals surface area contributed by atoms with Crippen LogP contribution in [-0.2, 0) is 0 Å². The van der Waals surface area contributed by atoms with Crippen LogP contribution in [0, 0.1) is 5.41 Å². The summed E-state index contributed by atoms with van der Waals surface area (Å²) in [6.45, 7) is 4.43. The summed E-state index contributed by atoms with van der Waals surface area (Å²) < 4.78 is 0. The molecule has 1 unspecified atom stereocenters. The number of nitrogens with zero attached hydrogens (tertiary/aromatic N) is 2. The molecule has 0 saturated carbocycles. The van der Waals surface area contributed by atoms with E-state index in [9.17, 15) is 0 Å². The normalized spacial score (nSPS) is 24.7. The van der Waals surface area contributed by atoms with Crippen molar-refractivity contribution in [1.29, 1.82) is 5.41 Å². The molecule has 1 aromatic carbocycles. The van der Waals surface area contributed by atoms with Crippen molar-refractivity contribution >= 4 is 5.84 Å². The molecule has 2 heterocycles. The van der Waals surface area contributed by atoms with Gasteiger partial charge < -0.3 is 4.90 Å². The molecule has 0 bridgehead atoms. The fraction of sp³-hybridized carbons (Fsp3) is 0.533. The molecule has 1 atom stereocenters. The van der Waals surface area contributed by atoms with Crippen LogP contribution in [0.2, 0.25) is 0 Å². The predicted octanol–water partition coefficient (Wildman–Crippen LogP) is 2.18. The van der Waals surface area contributed by atoms with Crippen LogP contribution in [0.4, 0.5) is 0 Å². The monoisotopic (exact) mass is 243 g/mol. The summed E-state index contributed by atoms with van der Waals surface area (Å²) in [7, 11) is 0. The highest BCUT2D eigenvalue weighted by Crippen LogP contribution is 2.22. The third kappa shape index (κ3) is 2.27. The zero-order chi connectivity index (χ0) is 12.4. The smallest absolute Gasteiger partial charge is 0.128 e. The first-order valence-corrected chi connectivity index (χ1v) is 6.97. The molecular weight excluding hydrogens is 222 g/mol. The Morgan fingerprint density at radius 2 is 1.89 bits per heavy atom. The lowest BCUT2D eigenvalue weighted by atomic mass is 9.99. The van der Waals surface area contributed by atoms with Gasteiger partial charge in [-0.15, -0.1) is 0 Å². The van der Waals surface area contributed by atoms with E-state index in [-0.39, 0.29) is 0 Å². The van der Waals surface area contributed by atoms with Crippen molar-refractivity contribution in [2.45, 2.75) is 25.3 Å². The van der Waals surface area contributed by atoms with E-state index in [0.29, 0.717) is 11.9 Å². The standard InChI is InChI=1S/C15H21N3/c16-15(13-6-2-1-3-7-13)18-11-10-17-9-5-4-8-14(17)12-18/h1-3,6-7,14,16H,4-5,8-12H2. The maximum atomic E-state index is 8.34. The molecule has 3 nitrogen and oxygen atoms in total. The minimum absolute atomic E-state index is 0.677. The van der Waals surface area contributed by atoms with Gasteiger partial charge in [-0.1, -0.05) is 36.8 Å². The molecule has 2 aliphatic heterocycles. The number of nitrogens with one attached hydrogen (secondary N) is 1. The second kappa shape index (κ2) is 5.11. The molecule has 2 saturated heterocycles. The zero-order valence-electron chi connectivity index (χ0n) is 10.8. The molecule has 3 rings (SSSR count). The van der Waals surface area contributed by atoms with Crippen LogP contribution in [0.25, 0.3) is 0 Å². The van der Waals surface area contributed by atoms with Crippen molar-refractivity contribution in [2.24, 2.45) is 0 Å². The minimum Gasteiger partial charge on any atom is -0.354 e. The molecule has 18 heavy (non-hydrogen) atoms. The molecule has 2 fully saturated rings. The van der Waals surface area contributed by atoms with Crippen LogP contribution in [0.3, 0.4) is 0 Å². The molecule has 0 aliphatic carbocycles. The first kappa shape index (κ1) is 11.7. The third-order valence-corrected chi connectivity index (χ3v) is 4.20. The Kier molecular flexibility index (Phi) is 3.33. The Morgan fingerprint density at radius 3 is 2.72 bits per heavy atom. The number of rotatable bonds is 1. The van der Waals surface area contributed by atoms with Crippen molar-refractivity contribution in [3.63, 3.8) is 0 Å². The molecule has 0 amide bonds. The van der Waals surface area contributed by atoms with Crippen molar-refractivity contribution in [1.82, 2.24) is 9.80 Å². The van der Waals surface area contributed by atoms with Gasteiger partial charge in [-0.25, -0.2) is 0 Å². The number of benzene rings is 1. The average molecular weight is 243 g/mol. The summed E-state index contributed by atoms with van der Waals surface area (Å²) in [6.07, 6.45) is 4.01. The molecular formula is C15H21N3. The molecule has 0 aromatic heterocycles. The maximum Gasteiger partial charge on any atom is 0.128 e. The van der Waals surface area contributed by atoms with Crippen LogP contribution in [0.15, 0.2) is 30.3 Å². The zero-order valence-corrected chi connectivity index (χ0v) is 10.8. The SMILES string of the molecule is N=C(c1ccccc1)N1CCN2CCCCC2C1. The molecule has 0 spiro atoms. The summed E-state index contributed by atoms with van der Waals surface area (Å²) >= 11 is 0. The lowest BCUT2D eigenvalue weighted by Gasteiger charge is -2.44. The van der Waals surface area contributed by atoms with E-state index in [0.717, 1.165) is 25.2 Å². The quantitative estimate of drug-likeness (QED) is 0.605. The highest BCUT2D eigenvalue weighted by Gasteiger charge is 2.29. The first-order chi connectivity index (χ1) is 8.84. The summed E-state index contributed by atoms with van der Waals surface area (Å²) in [5.41, 5.74) is 1.04. The average Bonchev–Trinajstić information content (AvgIpc) is 2.47. The van der Waals surface area contributed by atoms with E-state index in [1.165, 1.54) is 25.8 Å². The van der Waals surface area contributed by atoms with Gasteiger partial charge in [-0.2, -0.15) is 0 Å². The summed E-state index contributed by atoms with van der Waals surface area (Å²) in [6, 6.07) is 10.8. The largest absolute Gasteiger partial charge is 0.354 e. The van der Waals surface area contributed by atoms with Crippen LogP contribution in [0.5, 0.6) is 0 Å². The van der Waals surface area contributed by atoms with E-state index in [1.807, 2.05) is 30.3 Å². The summed E-state index contributed by atoms with van der Waals surface area (Å²) in [5, 5.41) is 8.34. The van der Waals surface area contributed by atoms with Gasteiger partial charge in [0.2, 0.25) is 0 Å². The van der Waals surface area contributed by atoms with Crippen LogP contribution < -0.4 is 0 Å². The van der Waals surface area contributed by atoms with Crippen LogP contribution >= 0.6 is 0 Å². The number of piperazine rings is 1. The summed E-state index contributed by atoms with van der Waals surface area (Å²) in [5.74, 6) is 0.695. The number of piperidine rings is 1. The number of fused-ring (bicyclic) bond motifs is 1. The molecule has 0 radical (unpaired) electrons.